The highest BCUT2D eigenvalue weighted by Gasteiger charge is 2.20. The number of aryl methyl sites for hydroxylation is 1. The Morgan fingerprint density at radius 2 is 2.03 bits per heavy atom. The molecule has 2 fully saturated rings. The average molecular weight is 516 g/mol. The zero-order chi connectivity index (χ0) is 19.6. The van der Waals surface area contributed by atoms with Crippen LogP contribution in [0.2, 0.25) is 0 Å². The smallest absolute Gasteiger partial charge is 0.191 e. The predicted molar refractivity (Wildman–Crippen MR) is 129 cm³/mol. The van der Waals surface area contributed by atoms with E-state index in [1.54, 1.807) is 0 Å². The molecule has 1 atom stereocenters. The summed E-state index contributed by atoms with van der Waals surface area (Å²) in [4.78, 5) is 6.91. The molecule has 0 spiro atoms. The zero-order valence-electron chi connectivity index (χ0n) is 17.9. The Morgan fingerprint density at radius 1 is 1.24 bits per heavy atom. The number of hydrogen-bond acceptors (Lipinski definition) is 4. The van der Waals surface area contributed by atoms with Crippen LogP contribution in [0.15, 0.2) is 29.3 Å². The Labute approximate surface area is 192 Å². The number of hydrogen-bond donors (Lipinski definition) is 2. The molecule has 1 aromatic carbocycles. The number of ether oxygens (including phenoxy) is 2. The second kappa shape index (κ2) is 13.4. The number of nitrogens with one attached hydrogen (secondary N) is 2. The molecular formula is C22H37IN4O2. The summed E-state index contributed by atoms with van der Waals surface area (Å²) >= 11 is 0. The number of halogens is 1. The van der Waals surface area contributed by atoms with E-state index in [0.717, 1.165) is 64.4 Å². The highest BCUT2D eigenvalue weighted by molar-refractivity contribution is 14.0. The van der Waals surface area contributed by atoms with Crippen LogP contribution in [0.1, 0.15) is 36.8 Å². The van der Waals surface area contributed by atoms with Gasteiger partial charge in [0, 0.05) is 45.9 Å². The van der Waals surface area contributed by atoms with E-state index < -0.39 is 0 Å². The number of guanidine groups is 1. The number of nitrogens with zero attached hydrogens (tertiary/aromatic N) is 2. The fraction of sp³-hybridized carbons (Fsp3) is 0.682. The zero-order valence-corrected chi connectivity index (χ0v) is 20.2. The van der Waals surface area contributed by atoms with E-state index in [-0.39, 0.29) is 24.0 Å². The minimum Gasteiger partial charge on any atom is -0.377 e. The number of piperidine rings is 1. The van der Waals surface area contributed by atoms with Gasteiger partial charge in [0.2, 0.25) is 0 Å². The van der Waals surface area contributed by atoms with E-state index in [2.05, 4.69) is 51.7 Å². The van der Waals surface area contributed by atoms with Crippen LogP contribution in [0.25, 0.3) is 0 Å². The van der Waals surface area contributed by atoms with Crippen LogP contribution in [0.4, 0.5) is 0 Å². The van der Waals surface area contributed by atoms with Crippen LogP contribution in [0.5, 0.6) is 0 Å². The summed E-state index contributed by atoms with van der Waals surface area (Å²) in [5.41, 5.74) is 2.82. The standard InChI is InChI=1S/C22H36N4O2.HI/c1-18-6-3-4-7-19(18)16-26-12-9-20(10-13-26)25-22(23-2)24-11-15-27-17-21-8-5-14-28-21;/h3-4,6-7,20-21H,5,8-17H2,1-2H3,(H2,23,24,25);1H. The van der Waals surface area contributed by atoms with Crippen molar-refractivity contribution in [1.82, 2.24) is 15.5 Å². The second-order valence-corrected chi connectivity index (χ2v) is 7.83. The highest BCUT2D eigenvalue weighted by Crippen LogP contribution is 2.16. The Hall–Kier alpha value is -0.900. The van der Waals surface area contributed by atoms with Crippen molar-refractivity contribution in [2.75, 3.05) is 46.5 Å². The highest BCUT2D eigenvalue weighted by atomic mass is 127. The molecule has 0 bridgehead atoms. The van der Waals surface area contributed by atoms with Crippen molar-refractivity contribution >= 4 is 29.9 Å². The molecule has 0 aliphatic carbocycles. The van der Waals surface area contributed by atoms with Gasteiger partial charge in [-0.1, -0.05) is 24.3 Å². The summed E-state index contributed by atoms with van der Waals surface area (Å²) in [5, 5.41) is 6.93. The van der Waals surface area contributed by atoms with Crippen LogP contribution < -0.4 is 10.6 Å². The van der Waals surface area contributed by atoms with Crippen molar-refractivity contribution in [2.24, 2.45) is 4.99 Å². The van der Waals surface area contributed by atoms with E-state index in [0.29, 0.717) is 25.4 Å². The molecule has 0 amide bonds. The van der Waals surface area contributed by atoms with Gasteiger partial charge in [0.1, 0.15) is 0 Å². The van der Waals surface area contributed by atoms with Crippen LogP contribution in [-0.2, 0) is 16.0 Å². The van der Waals surface area contributed by atoms with Gasteiger partial charge >= 0.3 is 0 Å². The molecule has 164 valence electrons. The monoisotopic (exact) mass is 516 g/mol. The number of benzene rings is 1. The summed E-state index contributed by atoms with van der Waals surface area (Å²) in [6, 6.07) is 9.17. The van der Waals surface area contributed by atoms with Crippen molar-refractivity contribution in [3.63, 3.8) is 0 Å². The first kappa shape index (κ1) is 24.4. The van der Waals surface area contributed by atoms with Crippen LogP contribution >= 0.6 is 24.0 Å². The van der Waals surface area contributed by atoms with Crippen molar-refractivity contribution in [3.05, 3.63) is 35.4 Å². The Morgan fingerprint density at radius 3 is 2.72 bits per heavy atom. The first-order valence-corrected chi connectivity index (χ1v) is 10.7. The third-order valence-electron chi connectivity index (χ3n) is 5.67. The van der Waals surface area contributed by atoms with Gasteiger partial charge in [0.05, 0.1) is 19.3 Å². The molecule has 7 heteroatoms. The van der Waals surface area contributed by atoms with Gasteiger partial charge in [-0.25, -0.2) is 0 Å². The summed E-state index contributed by atoms with van der Waals surface area (Å²) < 4.78 is 11.3. The Balaban J connectivity index is 0.00000300. The number of likely N-dealkylation sites (tertiary alicyclic amines) is 1. The molecule has 29 heavy (non-hydrogen) atoms. The maximum Gasteiger partial charge on any atom is 0.191 e. The lowest BCUT2D eigenvalue weighted by molar-refractivity contribution is 0.0191. The first-order chi connectivity index (χ1) is 13.7. The molecule has 1 unspecified atom stereocenters. The minimum absolute atomic E-state index is 0. The normalized spacial score (nSPS) is 21.0. The SMILES string of the molecule is CN=C(NCCOCC1CCCO1)NC1CCN(Cc2ccccc2C)CC1.I. The summed E-state index contributed by atoms with van der Waals surface area (Å²) in [6.45, 7) is 8.51. The van der Waals surface area contributed by atoms with Gasteiger partial charge in [0.15, 0.2) is 5.96 Å². The van der Waals surface area contributed by atoms with Gasteiger partial charge in [-0.05, 0) is 43.7 Å². The fourth-order valence-corrected chi connectivity index (χ4v) is 3.88. The topological polar surface area (TPSA) is 58.1 Å². The number of aliphatic imine (C=N–C) groups is 1. The molecular weight excluding hydrogens is 479 g/mol. The molecule has 2 saturated heterocycles. The lowest BCUT2D eigenvalue weighted by Crippen LogP contribution is -2.49. The Kier molecular flexibility index (Phi) is 11.3. The second-order valence-electron chi connectivity index (χ2n) is 7.83. The maximum absolute atomic E-state index is 5.71. The number of rotatable bonds is 8. The van der Waals surface area contributed by atoms with Gasteiger partial charge in [0.25, 0.3) is 0 Å². The lowest BCUT2D eigenvalue weighted by atomic mass is 10.0. The van der Waals surface area contributed by atoms with Crippen LogP contribution in [-0.4, -0.2) is 69.5 Å². The van der Waals surface area contributed by atoms with E-state index in [9.17, 15) is 0 Å². The lowest BCUT2D eigenvalue weighted by Gasteiger charge is -2.33. The summed E-state index contributed by atoms with van der Waals surface area (Å²) in [6.07, 6.45) is 4.86. The van der Waals surface area contributed by atoms with E-state index in [1.807, 2.05) is 7.05 Å². The van der Waals surface area contributed by atoms with Crippen molar-refractivity contribution in [3.8, 4) is 0 Å². The maximum atomic E-state index is 5.71. The summed E-state index contributed by atoms with van der Waals surface area (Å²) in [5.74, 6) is 0.873. The molecule has 2 aliphatic heterocycles. The minimum atomic E-state index is 0. The fourth-order valence-electron chi connectivity index (χ4n) is 3.88. The van der Waals surface area contributed by atoms with Crippen molar-refractivity contribution in [1.29, 1.82) is 0 Å². The van der Waals surface area contributed by atoms with Gasteiger partial charge in [-0.3, -0.25) is 9.89 Å². The van der Waals surface area contributed by atoms with Gasteiger partial charge in [-0.15, -0.1) is 24.0 Å². The first-order valence-electron chi connectivity index (χ1n) is 10.7. The molecule has 0 radical (unpaired) electrons. The van der Waals surface area contributed by atoms with Crippen molar-refractivity contribution < 1.29 is 9.47 Å². The third kappa shape index (κ3) is 8.39. The van der Waals surface area contributed by atoms with Crippen molar-refractivity contribution in [2.45, 2.75) is 51.3 Å². The molecule has 0 saturated carbocycles. The molecule has 3 rings (SSSR count). The van der Waals surface area contributed by atoms with E-state index >= 15 is 0 Å². The summed E-state index contributed by atoms with van der Waals surface area (Å²) in [7, 11) is 1.83. The van der Waals surface area contributed by atoms with Gasteiger partial charge in [-0.2, -0.15) is 0 Å². The van der Waals surface area contributed by atoms with E-state index in [4.69, 9.17) is 9.47 Å². The molecule has 1 aromatic rings. The quantitative estimate of drug-likeness (QED) is 0.241. The largest absolute Gasteiger partial charge is 0.377 e. The van der Waals surface area contributed by atoms with E-state index in [1.165, 1.54) is 11.1 Å². The molecule has 2 aliphatic rings. The molecule has 2 heterocycles. The molecule has 2 N–H and O–H groups in total. The Bertz CT molecular complexity index is 615. The van der Waals surface area contributed by atoms with Gasteiger partial charge < -0.3 is 20.1 Å². The van der Waals surface area contributed by atoms with Crippen LogP contribution in [0.3, 0.4) is 0 Å². The average Bonchev–Trinajstić information content (AvgIpc) is 3.23. The predicted octanol–water partition coefficient (Wildman–Crippen LogP) is 2.94. The van der Waals surface area contributed by atoms with Crippen LogP contribution in [0, 0.1) is 6.92 Å². The third-order valence-corrected chi connectivity index (χ3v) is 5.67. The molecule has 6 nitrogen and oxygen atoms in total. The molecule has 0 aromatic heterocycles.